The molecule has 0 bridgehead atoms. The Bertz CT molecular complexity index is 724. The summed E-state index contributed by atoms with van der Waals surface area (Å²) in [6, 6.07) is 17.4. The van der Waals surface area contributed by atoms with Crippen molar-refractivity contribution in [2.75, 3.05) is 25.2 Å². The molecule has 0 spiro atoms. The number of rotatable bonds is 6. The third-order valence-electron chi connectivity index (χ3n) is 3.41. The topological polar surface area (TPSA) is 57.3 Å². The molecule has 0 saturated heterocycles. The molecule has 118 valence electrons. The zero-order valence-corrected chi connectivity index (χ0v) is 14.1. The number of anilines is 1. The molecule has 0 radical (unpaired) electrons. The first-order valence-electron chi connectivity index (χ1n) is 7.35. The summed E-state index contributed by atoms with van der Waals surface area (Å²) in [5, 5.41) is 11.9. The molecule has 0 aliphatic rings. The normalized spacial score (nSPS) is 11.5. The maximum absolute atomic E-state index is 12.2. The van der Waals surface area contributed by atoms with Crippen LogP contribution < -0.4 is 10.2 Å². The van der Waals surface area contributed by atoms with Crippen LogP contribution >= 0.6 is 11.8 Å². The highest BCUT2D eigenvalue weighted by Crippen LogP contribution is 2.24. The number of hydrogen-bond acceptors (Lipinski definition) is 3. The second-order valence-electron chi connectivity index (χ2n) is 5.37. The zero-order chi connectivity index (χ0) is 16.7. The minimum Gasteiger partial charge on any atom is -0.326 e. The van der Waals surface area contributed by atoms with E-state index >= 15 is 0 Å². The summed E-state index contributed by atoms with van der Waals surface area (Å²) in [5.74, 6) is -0.0135. The van der Waals surface area contributed by atoms with Crippen molar-refractivity contribution in [1.82, 2.24) is 0 Å². The first-order valence-corrected chi connectivity index (χ1v) is 8.58. The van der Waals surface area contributed by atoms with Crippen molar-refractivity contribution in [2.24, 2.45) is 0 Å². The molecular formula is C18H20N3OS+. The number of quaternary nitrogens is 1. The van der Waals surface area contributed by atoms with Crippen LogP contribution in [-0.2, 0) is 11.3 Å². The van der Waals surface area contributed by atoms with Crippen molar-refractivity contribution < 1.29 is 9.69 Å². The molecule has 1 atom stereocenters. The van der Waals surface area contributed by atoms with E-state index in [1.165, 1.54) is 0 Å². The van der Waals surface area contributed by atoms with Gasteiger partial charge >= 0.3 is 0 Å². The Labute approximate surface area is 141 Å². The third-order valence-corrected chi connectivity index (χ3v) is 4.20. The quantitative estimate of drug-likeness (QED) is 0.798. The second-order valence-corrected chi connectivity index (χ2v) is 6.22. The molecule has 2 aromatic rings. The van der Waals surface area contributed by atoms with E-state index in [1.54, 1.807) is 17.8 Å². The van der Waals surface area contributed by atoms with E-state index in [1.807, 2.05) is 55.8 Å². The molecule has 23 heavy (non-hydrogen) atoms. The van der Waals surface area contributed by atoms with Gasteiger partial charge in [0.1, 0.15) is 6.54 Å². The number of benzene rings is 2. The summed E-state index contributed by atoms with van der Waals surface area (Å²) >= 11 is 1.61. The number of carbonyl (C=O) groups excluding carboxylic acids is 1. The molecule has 0 saturated carbocycles. The Morgan fingerprint density at radius 1 is 1.26 bits per heavy atom. The number of amides is 1. The van der Waals surface area contributed by atoms with E-state index in [4.69, 9.17) is 5.26 Å². The molecule has 0 aliphatic carbocycles. The molecule has 4 nitrogen and oxygen atoms in total. The number of nitrogens with one attached hydrogen (secondary N) is 2. The highest BCUT2D eigenvalue weighted by atomic mass is 32.2. The number of nitrogens with zero attached hydrogens (tertiary/aromatic N) is 1. The third kappa shape index (κ3) is 5.13. The SMILES string of the molecule is CSc1ccccc1NC(=O)C[NH+](C)Cc1cccc(C#N)c1. The van der Waals surface area contributed by atoms with Crippen LogP contribution in [0.1, 0.15) is 11.1 Å². The minimum atomic E-state index is -0.0135. The average Bonchev–Trinajstić information content (AvgIpc) is 2.55. The predicted molar refractivity (Wildman–Crippen MR) is 93.5 cm³/mol. The molecule has 1 unspecified atom stereocenters. The molecule has 1 amide bonds. The van der Waals surface area contributed by atoms with Gasteiger partial charge in [0.15, 0.2) is 6.54 Å². The number of thioether (sulfide) groups is 1. The fraction of sp³-hybridized carbons (Fsp3) is 0.222. The van der Waals surface area contributed by atoms with Gasteiger partial charge in [-0.25, -0.2) is 0 Å². The molecular weight excluding hydrogens is 306 g/mol. The van der Waals surface area contributed by atoms with Gasteiger partial charge < -0.3 is 10.2 Å². The monoisotopic (exact) mass is 326 g/mol. The second kappa shape index (κ2) is 8.37. The van der Waals surface area contributed by atoms with Crippen molar-refractivity contribution in [3.63, 3.8) is 0 Å². The van der Waals surface area contributed by atoms with Gasteiger partial charge in [-0.3, -0.25) is 4.79 Å². The number of para-hydroxylation sites is 1. The fourth-order valence-corrected chi connectivity index (χ4v) is 2.93. The predicted octanol–water partition coefficient (Wildman–Crippen LogP) is 1.93. The van der Waals surface area contributed by atoms with Crippen molar-refractivity contribution in [3.05, 3.63) is 59.7 Å². The summed E-state index contributed by atoms with van der Waals surface area (Å²) in [6.45, 7) is 1.08. The van der Waals surface area contributed by atoms with Crippen molar-refractivity contribution in [2.45, 2.75) is 11.4 Å². The summed E-state index contributed by atoms with van der Waals surface area (Å²) in [4.78, 5) is 14.3. The molecule has 5 heteroatoms. The van der Waals surface area contributed by atoms with Gasteiger partial charge in [-0.2, -0.15) is 5.26 Å². The van der Waals surface area contributed by atoms with E-state index in [-0.39, 0.29) is 5.91 Å². The van der Waals surface area contributed by atoms with Crippen LogP contribution in [0.2, 0.25) is 0 Å². The Morgan fingerprint density at radius 3 is 2.78 bits per heavy atom. The maximum atomic E-state index is 12.2. The van der Waals surface area contributed by atoms with Crippen LogP contribution in [0.15, 0.2) is 53.4 Å². The van der Waals surface area contributed by atoms with Crippen LogP contribution in [-0.4, -0.2) is 25.8 Å². The Morgan fingerprint density at radius 2 is 2.04 bits per heavy atom. The average molecular weight is 326 g/mol. The minimum absolute atomic E-state index is 0.0135. The van der Waals surface area contributed by atoms with Crippen molar-refractivity contribution in [3.8, 4) is 6.07 Å². The Balaban J connectivity index is 1.93. The maximum Gasteiger partial charge on any atom is 0.279 e. The van der Waals surface area contributed by atoms with Crippen molar-refractivity contribution >= 4 is 23.4 Å². The van der Waals surface area contributed by atoms with E-state index in [9.17, 15) is 4.79 Å². The molecule has 0 aromatic heterocycles. The number of carbonyl (C=O) groups is 1. The van der Waals surface area contributed by atoms with E-state index in [0.717, 1.165) is 21.0 Å². The van der Waals surface area contributed by atoms with Gasteiger partial charge in [-0.15, -0.1) is 11.8 Å². The summed E-state index contributed by atoms with van der Waals surface area (Å²) in [5.41, 5.74) is 2.55. The highest BCUT2D eigenvalue weighted by molar-refractivity contribution is 7.98. The zero-order valence-electron chi connectivity index (χ0n) is 13.3. The van der Waals surface area contributed by atoms with E-state index in [0.29, 0.717) is 18.7 Å². The highest BCUT2D eigenvalue weighted by Gasteiger charge is 2.12. The molecule has 0 aliphatic heterocycles. The van der Waals surface area contributed by atoms with Crippen LogP contribution in [0, 0.1) is 11.3 Å². The summed E-state index contributed by atoms with van der Waals surface area (Å²) in [6.07, 6.45) is 1.99. The van der Waals surface area contributed by atoms with Gasteiger partial charge in [-0.1, -0.05) is 24.3 Å². The van der Waals surface area contributed by atoms with Crippen LogP contribution in [0.5, 0.6) is 0 Å². The lowest BCUT2D eigenvalue weighted by Gasteiger charge is -2.15. The molecule has 2 rings (SSSR count). The van der Waals surface area contributed by atoms with Crippen LogP contribution in [0.3, 0.4) is 0 Å². The smallest absolute Gasteiger partial charge is 0.279 e. The molecule has 0 heterocycles. The first kappa shape index (κ1) is 17.1. The Kier molecular flexibility index (Phi) is 6.21. The lowest BCUT2D eigenvalue weighted by molar-refractivity contribution is -0.885. The lowest BCUT2D eigenvalue weighted by Crippen LogP contribution is -3.08. The molecule has 2 aromatic carbocycles. The van der Waals surface area contributed by atoms with E-state index in [2.05, 4.69) is 11.4 Å². The largest absolute Gasteiger partial charge is 0.326 e. The van der Waals surface area contributed by atoms with Crippen molar-refractivity contribution in [1.29, 1.82) is 5.26 Å². The summed E-state index contributed by atoms with van der Waals surface area (Å²) < 4.78 is 0. The number of hydrogen-bond donors (Lipinski definition) is 2. The van der Waals surface area contributed by atoms with Gasteiger partial charge in [-0.05, 0) is 30.5 Å². The lowest BCUT2D eigenvalue weighted by atomic mass is 10.1. The molecule has 0 fully saturated rings. The standard InChI is InChI=1S/C18H19N3OS/c1-21(12-15-7-5-6-14(10-15)11-19)13-18(22)20-16-8-3-4-9-17(16)23-2/h3-10H,12-13H2,1-2H3,(H,20,22)/p+1. The molecule has 2 N–H and O–H groups in total. The van der Waals surface area contributed by atoms with E-state index < -0.39 is 0 Å². The summed E-state index contributed by atoms with van der Waals surface area (Å²) in [7, 11) is 1.97. The number of likely N-dealkylation sites (N-methyl/N-ethyl adjacent to an activating group) is 1. The van der Waals surface area contributed by atoms with Gasteiger partial charge in [0, 0.05) is 10.5 Å². The van der Waals surface area contributed by atoms with Crippen LogP contribution in [0.4, 0.5) is 5.69 Å². The Hall–Kier alpha value is -2.29. The van der Waals surface area contributed by atoms with Gasteiger partial charge in [0.25, 0.3) is 5.91 Å². The van der Waals surface area contributed by atoms with Gasteiger partial charge in [0.05, 0.1) is 24.4 Å². The first-order chi connectivity index (χ1) is 11.1. The van der Waals surface area contributed by atoms with Gasteiger partial charge in [0.2, 0.25) is 0 Å². The fourth-order valence-electron chi connectivity index (χ4n) is 2.38. The number of nitriles is 1. The van der Waals surface area contributed by atoms with Crippen LogP contribution in [0.25, 0.3) is 0 Å².